The summed E-state index contributed by atoms with van der Waals surface area (Å²) < 4.78 is 5.11. The number of nitrogens with one attached hydrogen (secondary N) is 1. The van der Waals surface area contributed by atoms with Crippen LogP contribution in [0.2, 0.25) is 0 Å². The number of aromatic carboxylic acids is 1. The molecule has 5 heteroatoms. The Morgan fingerprint density at radius 1 is 1.53 bits per heavy atom. The predicted molar refractivity (Wildman–Crippen MR) is 62.9 cm³/mol. The summed E-state index contributed by atoms with van der Waals surface area (Å²) in [4.78, 5) is 10.6. The molecule has 0 aliphatic rings. The molecule has 0 aliphatic heterocycles. The molecule has 1 aromatic heterocycles. The number of aliphatic hydroxyl groups is 1. The third-order valence-corrected chi connectivity index (χ3v) is 2.59. The molecule has 0 bridgehead atoms. The second-order valence-electron chi connectivity index (χ2n) is 4.85. The zero-order valence-corrected chi connectivity index (χ0v) is 10.2. The highest BCUT2D eigenvalue weighted by molar-refractivity contribution is 5.87. The van der Waals surface area contributed by atoms with E-state index < -0.39 is 5.97 Å². The van der Waals surface area contributed by atoms with Gasteiger partial charge in [0.05, 0.1) is 12.1 Å². The van der Waals surface area contributed by atoms with Crippen LogP contribution in [0.25, 0.3) is 0 Å². The minimum Gasteiger partial charge on any atom is -0.478 e. The van der Waals surface area contributed by atoms with Gasteiger partial charge in [-0.1, -0.05) is 13.8 Å². The third-order valence-electron chi connectivity index (χ3n) is 2.59. The molecule has 0 fully saturated rings. The molecule has 0 aromatic carbocycles. The lowest BCUT2D eigenvalue weighted by Gasteiger charge is -2.23. The van der Waals surface area contributed by atoms with E-state index >= 15 is 0 Å². The highest BCUT2D eigenvalue weighted by Crippen LogP contribution is 2.18. The van der Waals surface area contributed by atoms with E-state index in [9.17, 15) is 4.79 Å². The number of carboxylic acid groups (broad SMARTS) is 1. The highest BCUT2D eigenvalue weighted by Gasteiger charge is 2.16. The van der Waals surface area contributed by atoms with Gasteiger partial charge in [-0.05, 0) is 17.9 Å². The number of carboxylic acids is 1. The van der Waals surface area contributed by atoms with Crippen LogP contribution in [0.4, 0.5) is 0 Å². The molecule has 0 atom stereocenters. The van der Waals surface area contributed by atoms with Crippen LogP contribution in [0.5, 0.6) is 0 Å². The van der Waals surface area contributed by atoms with Crippen LogP contribution in [0.3, 0.4) is 0 Å². The van der Waals surface area contributed by atoms with Crippen molar-refractivity contribution in [3.63, 3.8) is 0 Å². The zero-order valence-electron chi connectivity index (χ0n) is 10.2. The van der Waals surface area contributed by atoms with Gasteiger partial charge >= 0.3 is 5.97 Å². The number of aliphatic hydroxyl groups excluding tert-OH is 1. The van der Waals surface area contributed by atoms with Gasteiger partial charge in [0.1, 0.15) is 12.0 Å². The Hall–Kier alpha value is -1.33. The molecule has 3 N–H and O–H groups in total. The number of furan rings is 1. The van der Waals surface area contributed by atoms with E-state index in [1.54, 1.807) is 0 Å². The standard InChI is InChI=1S/C12H19NO4/c1-12(2,3-4-14)8-13-6-10-5-9(7-17-10)11(15)16/h5,7,13-14H,3-4,6,8H2,1-2H3,(H,15,16). The van der Waals surface area contributed by atoms with Crippen molar-refractivity contribution in [2.75, 3.05) is 13.2 Å². The van der Waals surface area contributed by atoms with Gasteiger partial charge in [-0.2, -0.15) is 0 Å². The van der Waals surface area contributed by atoms with Crippen molar-refractivity contribution >= 4 is 5.97 Å². The first kappa shape index (κ1) is 13.7. The van der Waals surface area contributed by atoms with Crippen molar-refractivity contribution in [3.8, 4) is 0 Å². The van der Waals surface area contributed by atoms with Gasteiger partial charge in [-0.25, -0.2) is 4.79 Å². The molecule has 1 aromatic rings. The Morgan fingerprint density at radius 2 is 2.24 bits per heavy atom. The van der Waals surface area contributed by atoms with Crippen molar-refractivity contribution in [1.82, 2.24) is 5.32 Å². The highest BCUT2D eigenvalue weighted by atomic mass is 16.4. The Bertz CT molecular complexity index is 370. The van der Waals surface area contributed by atoms with E-state index in [2.05, 4.69) is 19.2 Å². The van der Waals surface area contributed by atoms with E-state index in [0.29, 0.717) is 12.3 Å². The van der Waals surface area contributed by atoms with E-state index in [-0.39, 0.29) is 17.6 Å². The fourth-order valence-electron chi connectivity index (χ4n) is 1.50. The number of carbonyl (C=O) groups is 1. The van der Waals surface area contributed by atoms with E-state index in [1.807, 2.05) is 0 Å². The van der Waals surface area contributed by atoms with Crippen LogP contribution in [-0.4, -0.2) is 29.3 Å². The molecule has 0 aliphatic carbocycles. The molecule has 0 radical (unpaired) electrons. The van der Waals surface area contributed by atoms with Crippen LogP contribution in [-0.2, 0) is 6.54 Å². The van der Waals surface area contributed by atoms with Gasteiger partial charge in [0, 0.05) is 13.2 Å². The number of rotatable bonds is 7. The Kier molecular flexibility index (Phi) is 4.72. The van der Waals surface area contributed by atoms with Gasteiger partial charge < -0.3 is 19.9 Å². The van der Waals surface area contributed by atoms with Crippen LogP contribution in [0, 0.1) is 5.41 Å². The molecular formula is C12H19NO4. The molecule has 1 rings (SSSR count). The SMILES string of the molecule is CC(C)(CCO)CNCc1cc(C(=O)O)co1. The zero-order chi connectivity index (χ0) is 12.9. The third kappa shape index (κ3) is 4.58. The fraction of sp³-hybridized carbons (Fsp3) is 0.583. The molecule has 96 valence electrons. The van der Waals surface area contributed by atoms with Gasteiger partial charge in [-0.15, -0.1) is 0 Å². The fourth-order valence-corrected chi connectivity index (χ4v) is 1.50. The first-order valence-corrected chi connectivity index (χ1v) is 5.57. The van der Waals surface area contributed by atoms with Crippen molar-refractivity contribution in [2.45, 2.75) is 26.8 Å². The topological polar surface area (TPSA) is 82.7 Å². The summed E-state index contributed by atoms with van der Waals surface area (Å²) in [6.07, 6.45) is 1.96. The minimum absolute atomic E-state index is 0.0109. The van der Waals surface area contributed by atoms with Crippen molar-refractivity contribution < 1.29 is 19.4 Å². The quantitative estimate of drug-likeness (QED) is 0.673. The molecule has 0 spiro atoms. The molecule has 5 nitrogen and oxygen atoms in total. The van der Waals surface area contributed by atoms with Gasteiger partial charge in [0.25, 0.3) is 0 Å². The first-order chi connectivity index (χ1) is 7.94. The summed E-state index contributed by atoms with van der Waals surface area (Å²) in [5.74, 6) is -0.386. The summed E-state index contributed by atoms with van der Waals surface area (Å²) in [6.45, 7) is 5.50. The molecular weight excluding hydrogens is 222 g/mol. The molecule has 0 unspecified atom stereocenters. The van der Waals surface area contributed by atoms with Crippen LogP contribution in [0.15, 0.2) is 16.7 Å². The lowest BCUT2D eigenvalue weighted by molar-refractivity contribution is 0.0696. The molecule has 0 amide bonds. The average molecular weight is 241 g/mol. The van der Waals surface area contributed by atoms with Gasteiger partial charge in [0.2, 0.25) is 0 Å². The lowest BCUT2D eigenvalue weighted by Crippen LogP contribution is -2.29. The Balaban J connectivity index is 2.38. The van der Waals surface area contributed by atoms with E-state index in [1.165, 1.54) is 12.3 Å². The maximum atomic E-state index is 10.6. The summed E-state index contributed by atoms with van der Waals surface area (Å²) in [6, 6.07) is 1.51. The monoisotopic (exact) mass is 241 g/mol. The largest absolute Gasteiger partial charge is 0.478 e. The van der Waals surface area contributed by atoms with Crippen molar-refractivity contribution in [3.05, 3.63) is 23.7 Å². The normalized spacial score (nSPS) is 11.7. The summed E-state index contributed by atoms with van der Waals surface area (Å²) in [7, 11) is 0. The molecule has 17 heavy (non-hydrogen) atoms. The maximum Gasteiger partial charge on any atom is 0.338 e. The summed E-state index contributed by atoms with van der Waals surface area (Å²) in [5.41, 5.74) is 0.174. The van der Waals surface area contributed by atoms with Crippen molar-refractivity contribution in [1.29, 1.82) is 0 Å². The smallest absolute Gasteiger partial charge is 0.338 e. The molecule has 0 saturated carbocycles. The van der Waals surface area contributed by atoms with Gasteiger partial charge in [-0.3, -0.25) is 0 Å². The summed E-state index contributed by atoms with van der Waals surface area (Å²) >= 11 is 0. The summed E-state index contributed by atoms with van der Waals surface area (Å²) in [5, 5.41) is 20.8. The van der Waals surface area contributed by atoms with Crippen LogP contribution < -0.4 is 5.32 Å². The Morgan fingerprint density at radius 3 is 2.76 bits per heavy atom. The number of hydrogen-bond donors (Lipinski definition) is 3. The minimum atomic E-state index is -0.986. The van der Waals surface area contributed by atoms with E-state index in [4.69, 9.17) is 14.6 Å². The molecule has 0 saturated heterocycles. The van der Waals surface area contributed by atoms with Gasteiger partial charge in [0.15, 0.2) is 0 Å². The number of hydrogen-bond acceptors (Lipinski definition) is 4. The molecule has 1 heterocycles. The predicted octanol–water partition coefficient (Wildman–Crippen LogP) is 1.48. The lowest BCUT2D eigenvalue weighted by atomic mass is 9.90. The Labute approximate surface area is 100 Å². The second-order valence-corrected chi connectivity index (χ2v) is 4.85. The first-order valence-electron chi connectivity index (χ1n) is 5.57. The second kappa shape index (κ2) is 5.84. The maximum absolute atomic E-state index is 10.6. The van der Waals surface area contributed by atoms with Crippen LogP contribution >= 0.6 is 0 Å². The van der Waals surface area contributed by atoms with E-state index in [0.717, 1.165) is 13.0 Å². The van der Waals surface area contributed by atoms with Crippen molar-refractivity contribution in [2.24, 2.45) is 5.41 Å². The average Bonchev–Trinajstić information content (AvgIpc) is 2.66. The van der Waals surface area contributed by atoms with Crippen LogP contribution in [0.1, 0.15) is 36.4 Å².